The van der Waals surface area contributed by atoms with Crippen molar-refractivity contribution in [1.29, 1.82) is 0 Å². The second kappa shape index (κ2) is 7.37. The average Bonchev–Trinajstić information content (AvgIpc) is 2.43. The fourth-order valence-corrected chi connectivity index (χ4v) is 3.34. The van der Waals surface area contributed by atoms with Crippen LogP contribution in [0.1, 0.15) is 18.1 Å². The number of rotatable bonds is 5. The molecule has 0 aliphatic heterocycles. The zero-order valence-corrected chi connectivity index (χ0v) is 13.9. The lowest BCUT2D eigenvalue weighted by atomic mass is 10.1. The Morgan fingerprint density at radius 2 is 1.85 bits per heavy atom. The van der Waals surface area contributed by atoms with E-state index in [1.165, 1.54) is 16.0 Å². The van der Waals surface area contributed by atoms with Crippen molar-refractivity contribution in [2.45, 2.75) is 30.2 Å². The Morgan fingerprint density at radius 1 is 1.05 bits per heavy atom. The highest BCUT2D eigenvalue weighted by molar-refractivity contribution is 7.99. The van der Waals surface area contributed by atoms with Gasteiger partial charge in [0, 0.05) is 21.4 Å². The predicted octanol–water partition coefficient (Wildman–Crippen LogP) is 5.56. The Labute approximate surface area is 134 Å². The van der Waals surface area contributed by atoms with Crippen molar-refractivity contribution in [2.75, 3.05) is 6.54 Å². The molecule has 0 unspecified atom stereocenters. The third kappa shape index (κ3) is 4.16. The van der Waals surface area contributed by atoms with Gasteiger partial charge in [0.2, 0.25) is 0 Å². The van der Waals surface area contributed by atoms with E-state index in [0.29, 0.717) is 5.02 Å². The maximum atomic E-state index is 6.24. The fourth-order valence-electron chi connectivity index (χ4n) is 1.88. The normalized spacial score (nSPS) is 10.8. The smallest absolute Gasteiger partial charge is 0.0546 e. The van der Waals surface area contributed by atoms with E-state index in [1.54, 1.807) is 11.8 Å². The summed E-state index contributed by atoms with van der Waals surface area (Å²) in [5, 5.41) is 4.81. The van der Waals surface area contributed by atoms with Crippen LogP contribution in [0, 0.1) is 6.92 Å². The zero-order chi connectivity index (χ0) is 14.5. The van der Waals surface area contributed by atoms with Gasteiger partial charge in [-0.2, -0.15) is 0 Å². The molecule has 0 amide bonds. The number of nitrogens with one attached hydrogen (secondary N) is 1. The first-order valence-electron chi connectivity index (χ1n) is 6.53. The molecule has 0 radical (unpaired) electrons. The highest BCUT2D eigenvalue weighted by Gasteiger charge is 2.08. The molecule has 2 aromatic rings. The summed E-state index contributed by atoms with van der Waals surface area (Å²) in [7, 11) is 0. The first kappa shape index (κ1) is 15.7. The molecule has 0 spiro atoms. The van der Waals surface area contributed by atoms with E-state index in [2.05, 4.69) is 37.4 Å². The van der Waals surface area contributed by atoms with Gasteiger partial charge in [0.15, 0.2) is 0 Å². The average molecular weight is 326 g/mol. The summed E-state index contributed by atoms with van der Waals surface area (Å²) >= 11 is 13.9. The van der Waals surface area contributed by atoms with Crippen LogP contribution in [0.25, 0.3) is 0 Å². The van der Waals surface area contributed by atoms with E-state index >= 15 is 0 Å². The molecule has 1 N–H and O–H groups in total. The van der Waals surface area contributed by atoms with E-state index in [4.69, 9.17) is 23.2 Å². The third-order valence-electron chi connectivity index (χ3n) is 2.89. The highest BCUT2D eigenvalue weighted by Crippen LogP contribution is 2.37. The molecule has 20 heavy (non-hydrogen) atoms. The molecule has 2 rings (SSSR count). The second-order valence-electron chi connectivity index (χ2n) is 4.57. The van der Waals surface area contributed by atoms with Crippen molar-refractivity contribution < 1.29 is 0 Å². The van der Waals surface area contributed by atoms with Gasteiger partial charge in [0.1, 0.15) is 0 Å². The lowest BCUT2D eigenvalue weighted by Crippen LogP contribution is -2.12. The lowest BCUT2D eigenvalue weighted by Gasteiger charge is -2.12. The molecular weight excluding hydrogens is 309 g/mol. The van der Waals surface area contributed by atoms with Crippen LogP contribution in [0.2, 0.25) is 10.0 Å². The van der Waals surface area contributed by atoms with Crippen molar-refractivity contribution in [3.8, 4) is 0 Å². The van der Waals surface area contributed by atoms with Crippen LogP contribution in [-0.4, -0.2) is 6.54 Å². The minimum absolute atomic E-state index is 0.706. The molecule has 1 nitrogen and oxygen atoms in total. The largest absolute Gasteiger partial charge is 0.313 e. The summed E-state index contributed by atoms with van der Waals surface area (Å²) in [6.07, 6.45) is 0. The highest BCUT2D eigenvalue weighted by atomic mass is 35.5. The van der Waals surface area contributed by atoms with E-state index in [0.717, 1.165) is 23.0 Å². The van der Waals surface area contributed by atoms with Crippen molar-refractivity contribution in [3.63, 3.8) is 0 Å². The SMILES string of the molecule is CCNCc1cc(C)ccc1Sc1cc(Cl)ccc1Cl. The molecule has 0 aliphatic carbocycles. The molecule has 106 valence electrons. The van der Waals surface area contributed by atoms with Gasteiger partial charge in [0.05, 0.1) is 5.02 Å². The van der Waals surface area contributed by atoms with E-state index in [9.17, 15) is 0 Å². The fraction of sp³-hybridized carbons (Fsp3) is 0.250. The van der Waals surface area contributed by atoms with Crippen molar-refractivity contribution in [3.05, 3.63) is 57.6 Å². The van der Waals surface area contributed by atoms with Gasteiger partial charge in [0.25, 0.3) is 0 Å². The van der Waals surface area contributed by atoms with Gasteiger partial charge >= 0.3 is 0 Å². The Balaban J connectivity index is 2.30. The summed E-state index contributed by atoms with van der Waals surface area (Å²) in [5.74, 6) is 0. The number of halogens is 2. The molecule has 0 aliphatic rings. The first-order chi connectivity index (χ1) is 9.60. The molecule has 4 heteroatoms. The van der Waals surface area contributed by atoms with E-state index < -0.39 is 0 Å². The Hall–Kier alpha value is -0.670. The number of benzene rings is 2. The molecule has 0 heterocycles. The van der Waals surface area contributed by atoms with Crippen molar-refractivity contribution in [1.82, 2.24) is 5.32 Å². The molecule has 0 aromatic heterocycles. The van der Waals surface area contributed by atoms with Gasteiger partial charge in [-0.15, -0.1) is 0 Å². The van der Waals surface area contributed by atoms with Crippen LogP contribution in [0.3, 0.4) is 0 Å². The Morgan fingerprint density at radius 3 is 2.60 bits per heavy atom. The maximum absolute atomic E-state index is 6.24. The van der Waals surface area contributed by atoms with E-state index in [1.807, 2.05) is 18.2 Å². The van der Waals surface area contributed by atoms with Gasteiger partial charge in [-0.25, -0.2) is 0 Å². The minimum Gasteiger partial charge on any atom is -0.313 e. The molecule has 2 aromatic carbocycles. The van der Waals surface area contributed by atoms with Crippen LogP contribution in [0.5, 0.6) is 0 Å². The standard InChI is InChI=1S/C16H17Cl2NS/c1-3-19-10-12-8-11(2)4-7-15(12)20-16-9-13(17)5-6-14(16)18/h4-9,19H,3,10H2,1-2H3. The molecular formula is C16H17Cl2NS. The van der Waals surface area contributed by atoms with Crippen LogP contribution in [0.4, 0.5) is 0 Å². The third-order valence-corrected chi connectivity index (χ3v) is 4.75. The Kier molecular flexibility index (Phi) is 5.79. The molecule has 0 saturated heterocycles. The number of aryl methyl sites for hydroxylation is 1. The summed E-state index contributed by atoms with van der Waals surface area (Å²) in [6.45, 7) is 6.03. The quantitative estimate of drug-likeness (QED) is 0.772. The monoisotopic (exact) mass is 325 g/mol. The molecule has 0 saturated carbocycles. The maximum Gasteiger partial charge on any atom is 0.0546 e. The van der Waals surface area contributed by atoms with Gasteiger partial charge in [-0.05, 0) is 43.3 Å². The number of hydrogen-bond donors (Lipinski definition) is 1. The van der Waals surface area contributed by atoms with Crippen molar-refractivity contribution in [2.24, 2.45) is 0 Å². The molecule has 0 atom stereocenters. The van der Waals surface area contributed by atoms with Crippen LogP contribution in [0.15, 0.2) is 46.2 Å². The minimum atomic E-state index is 0.706. The van der Waals surface area contributed by atoms with Gasteiger partial charge in [-0.1, -0.05) is 59.6 Å². The Bertz CT molecular complexity index is 599. The first-order valence-corrected chi connectivity index (χ1v) is 8.10. The van der Waals surface area contributed by atoms with Crippen LogP contribution < -0.4 is 5.32 Å². The predicted molar refractivity (Wildman–Crippen MR) is 89.1 cm³/mol. The summed E-state index contributed by atoms with van der Waals surface area (Å²) in [5.41, 5.74) is 2.55. The topological polar surface area (TPSA) is 12.0 Å². The summed E-state index contributed by atoms with van der Waals surface area (Å²) < 4.78 is 0. The van der Waals surface area contributed by atoms with Crippen molar-refractivity contribution >= 4 is 35.0 Å². The summed E-state index contributed by atoms with van der Waals surface area (Å²) in [4.78, 5) is 2.20. The van der Waals surface area contributed by atoms with Gasteiger partial charge in [-0.3, -0.25) is 0 Å². The zero-order valence-electron chi connectivity index (χ0n) is 11.5. The lowest BCUT2D eigenvalue weighted by molar-refractivity contribution is 0.717. The molecule has 0 bridgehead atoms. The second-order valence-corrected chi connectivity index (χ2v) is 6.50. The van der Waals surface area contributed by atoms with E-state index in [-0.39, 0.29) is 0 Å². The molecule has 0 fully saturated rings. The van der Waals surface area contributed by atoms with Crippen LogP contribution >= 0.6 is 35.0 Å². The van der Waals surface area contributed by atoms with Crippen LogP contribution in [-0.2, 0) is 6.54 Å². The summed E-state index contributed by atoms with van der Waals surface area (Å²) in [6, 6.07) is 12.0. The number of hydrogen-bond acceptors (Lipinski definition) is 2. The van der Waals surface area contributed by atoms with Gasteiger partial charge < -0.3 is 5.32 Å².